The zero-order chi connectivity index (χ0) is 17.7. The van der Waals surface area contributed by atoms with Gasteiger partial charge in [-0.2, -0.15) is 0 Å². The number of rotatable bonds is 7. The zero-order valence-corrected chi connectivity index (χ0v) is 14.1. The van der Waals surface area contributed by atoms with Crippen molar-refractivity contribution in [2.75, 3.05) is 28.4 Å². The molecule has 0 amide bonds. The smallest absolute Gasteiger partial charge is 0.203 e. The molecule has 0 spiro atoms. The summed E-state index contributed by atoms with van der Waals surface area (Å²) in [6, 6.07) is 8.07. The molecule has 2 rings (SSSR count). The van der Waals surface area contributed by atoms with Crippen LogP contribution in [0.25, 0.3) is 0 Å². The number of benzene rings is 2. The predicted molar refractivity (Wildman–Crippen MR) is 88.8 cm³/mol. The number of ketones is 1. The summed E-state index contributed by atoms with van der Waals surface area (Å²) in [7, 11) is 5.96. The highest BCUT2D eigenvalue weighted by Gasteiger charge is 2.17. The summed E-state index contributed by atoms with van der Waals surface area (Å²) >= 11 is 0. The second-order valence-electron chi connectivity index (χ2n) is 5.02. The largest absolute Gasteiger partial charge is 0.504 e. The van der Waals surface area contributed by atoms with Crippen LogP contribution in [0.5, 0.6) is 28.7 Å². The zero-order valence-electron chi connectivity index (χ0n) is 14.1. The molecule has 0 aliphatic heterocycles. The van der Waals surface area contributed by atoms with E-state index in [9.17, 15) is 9.90 Å². The summed E-state index contributed by atoms with van der Waals surface area (Å²) in [4.78, 5) is 12.6. The lowest BCUT2D eigenvalue weighted by atomic mass is 10.0. The van der Waals surface area contributed by atoms with E-state index in [1.54, 1.807) is 24.3 Å². The molecule has 0 bridgehead atoms. The quantitative estimate of drug-likeness (QED) is 0.786. The van der Waals surface area contributed by atoms with Crippen LogP contribution in [0.3, 0.4) is 0 Å². The molecule has 2 aromatic carbocycles. The Hall–Kier alpha value is -2.89. The van der Waals surface area contributed by atoms with Crippen molar-refractivity contribution >= 4 is 5.78 Å². The van der Waals surface area contributed by atoms with Crippen LogP contribution >= 0.6 is 0 Å². The van der Waals surface area contributed by atoms with Gasteiger partial charge in [-0.15, -0.1) is 0 Å². The number of hydrogen-bond donors (Lipinski definition) is 1. The van der Waals surface area contributed by atoms with Gasteiger partial charge in [0, 0.05) is 12.0 Å². The minimum absolute atomic E-state index is 0.00677. The molecule has 0 aliphatic carbocycles. The van der Waals surface area contributed by atoms with Crippen molar-refractivity contribution in [3.63, 3.8) is 0 Å². The highest BCUT2D eigenvalue weighted by atomic mass is 16.5. The maximum absolute atomic E-state index is 12.6. The number of ether oxygens (including phenoxy) is 4. The van der Waals surface area contributed by atoms with Gasteiger partial charge in [-0.1, -0.05) is 6.07 Å². The lowest BCUT2D eigenvalue weighted by molar-refractivity contribution is 0.0992. The average Bonchev–Trinajstić information content (AvgIpc) is 2.60. The van der Waals surface area contributed by atoms with Crippen LogP contribution in [-0.2, 0) is 6.42 Å². The predicted octanol–water partition coefficient (Wildman–Crippen LogP) is 2.85. The molecule has 2 aromatic rings. The van der Waals surface area contributed by atoms with Gasteiger partial charge >= 0.3 is 0 Å². The third-order valence-corrected chi connectivity index (χ3v) is 3.59. The Morgan fingerprint density at radius 1 is 0.875 bits per heavy atom. The van der Waals surface area contributed by atoms with Crippen molar-refractivity contribution in [2.45, 2.75) is 6.42 Å². The van der Waals surface area contributed by atoms with Crippen molar-refractivity contribution in [2.24, 2.45) is 0 Å². The van der Waals surface area contributed by atoms with Crippen molar-refractivity contribution in [3.05, 3.63) is 41.5 Å². The van der Waals surface area contributed by atoms with Gasteiger partial charge < -0.3 is 24.1 Å². The molecule has 0 atom stereocenters. The van der Waals surface area contributed by atoms with E-state index < -0.39 is 0 Å². The third-order valence-electron chi connectivity index (χ3n) is 3.59. The molecule has 6 heteroatoms. The Morgan fingerprint density at radius 3 is 1.92 bits per heavy atom. The lowest BCUT2D eigenvalue weighted by Gasteiger charge is -2.14. The van der Waals surface area contributed by atoms with Gasteiger partial charge in [0.15, 0.2) is 28.8 Å². The Bertz CT molecular complexity index is 713. The summed E-state index contributed by atoms with van der Waals surface area (Å²) in [5.74, 6) is 1.47. The van der Waals surface area contributed by atoms with Crippen LogP contribution in [0.1, 0.15) is 15.9 Å². The van der Waals surface area contributed by atoms with Crippen molar-refractivity contribution in [3.8, 4) is 28.7 Å². The summed E-state index contributed by atoms with van der Waals surface area (Å²) in [5, 5.41) is 9.81. The van der Waals surface area contributed by atoms with E-state index in [1.165, 1.54) is 34.5 Å². The molecule has 0 saturated heterocycles. The van der Waals surface area contributed by atoms with E-state index in [-0.39, 0.29) is 18.0 Å². The number of carbonyl (C=O) groups excluding carboxylic acids is 1. The van der Waals surface area contributed by atoms with Gasteiger partial charge in [0.05, 0.1) is 28.4 Å². The second-order valence-corrected chi connectivity index (χ2v) is 5.02. The summed E-state index contributed by atoms with van der Waals surface area (Å²) in [6.07, 6.45) is 0.121. The van der Waals surface area contributed by atoms with Gasteiger partial charge in [-0.25, -0.2) is 0 Å². The fraction of sp³-hybridized carbons (Fsp3) is 0.278. The van der Waals surface area contributed by atoms with E-state index in [0.29, 0.717) is 34.1 Å². The molecule has 0 saturated carbocycles. The maximum atomic E-state index is 12.6. The van der Waals surface area contributed by atoms with Crippen molar-refractivity contribution in [1.29, 1.82) is 0 Å². The summed E-state index contributed by atoms with van der Waals surface area (Å²) in [6.45, 7) is 0. The van der Waals surface area contributed by atoms with Gasteiger partial charge in [0.1, 0.15) is 0 Å². The normalized spacial score (nSPS) is 10.2. The molecular formula is C18H20O6. The van der Waals surface area contributed by atoms with Crippen LogP contribution < -0.4 is 18.9 Å². The first kappa shape index (κ1) is 17.5. The topological polar surface area (TPSA) is 74.2 Å². The number of aromatic hydroxyl groups is 1. The van der Waals surface area contributed by atoms with Crippen LogP contribution in [0.2, 0.25) is 0 Å². The Morgan fingerprint density at radius 2 is 1.46 bits per heavy atom. The first-order valence-electron chi connectivity index (χ1n) is 7.23. The van der Waals surface area contributed by atoms with E-state index in [1.807, 2.05) is 0 Å². The number of phenols is 1. The highest BCUT2D eigenvalue weighted by Crippen LogP contribution is 2.38. The van der Waals surface area contributed by atoms with Gasteiger partial charge in [0.25, 0.3) is 0 Å². The Labute approximate surface area is 140 Å². The SMILES string of the molecule is COc1ccc(CC(=O)c2cc(OC)c(OC)c(OC)c2)cc1O. The number of hydrogen-bond acceptors (Lipinski definition) is 6. The molecule has 0 unspecified atom stereocenters. The monoisotopic (exact) mass is 332 g/mol. The fourth-order valence-electron chi connectivity index (χ4n) is 2.38. The Kier molecular flexibility index (Phi) is 5.52. The molecular weight excluding hydrogens is 312 g/mol. The molecule has 0 aromatic heterocycles. The summed E-state index contributed by atoms with van der Waals surface area (Å²) < 4.78 is 20.7. The van der Waals surface area contributed by atoms with Gasteiger partial charge in [-0.3, -0.25) is 4.79 Å². The molecule has 6 nitrogen and oxygen atoms in total. The van der Waals surface area contributed by atoms with E-state index >= 15 is 0 Å². The van der Waals surface area contributed by atoms with E-state index in [2.05, 4.69) is 0 Å². The fourth-order valence-corrected chi connectivity index (χ4v) is 2.38. The van der Waals surface area contributed by atoms with Crippen molar-refractivity contribution < 1.29 is 28.8 Å². The van der Waals surface area contributed by atoms with Gasteiger partial charge in [-0.05, 0) is 29.8 Å². The van der Waals surface area contributed by atoms with E-state index in [0.717, 1.165) is 0 Å². The van der Waals surface area contributed by atoms with Crippen LogP contribution in [0.4, 0.5) is 0 Å². The maximum Gasteiger partial charge on any atom is 0.203 e. The number of phenolic OH excluding ortho intramolecular Hbond substituents is 1. The lowest BCUT2D eigenvalue weighted by Crippen LogP contribution is -2.06. The first-order valence-corrected chi connectivity index (χ1v) is 7.23. The molecule has 0 fully saturated rings. The van der Waals surface area contributed by atoms with Crippen LogP contribution in [-0.4, -0.2) is 39.3 Å². The minimum atomic E-state index is -0.140. The molecule has 24 heavy (non-hydrogen) atoms. The molecule has 128 valence electrons. The highest BCUT2D eigenvalue weighted by molar-refractivity contribution is 5.98. The van der Waals surface area contributed by atoms with Gasteiger partial charge in [0.2, 0.25) is 5.75 Å². The third kappa shape index (κ3) is 3.53. The molecule has 0 radical (unpaired) electrons. The number of Topliss-reactive ketones (excluding diaryl/α,β-unsaturated/α-hetero) is 1. The standard InChI is InChI=1S/C18H20O6/c1-21-15-6-5-11(8-14(15)20)7-13(19)12-9-16(22-2)18(24-4)17(10-12)23-3/h5-6,8-10,20H,7H2,1-4H3. The molecule has 0 aliphatic rings. The first-order chi connectivity index (χ1) is 11.5. The summed E-state index contributed by atoms with van der Waals surface area (Å²) in [5.41, 5.74) is 1.10. The van der Waals surface area contributed by atoms with Crippen LogP contribution in [0, 0.1) is 0 Å². The average molecular weight is 332 g/mol. The minimum Gasteiger partial charge on any atom is -0.504 e. The molecule has 1 N–H and O–H groups in total. The van der Waals surface area contributed by atoms with Crippen molar-refractivity contribution in [1.82, 2.24) is 0 Å². The van der Waals surface area contributed by atoms with E-state index in [4.69, 9.17) is 18.9 Å². The number of carbonyl (C=O) groups is 1. The molecule has 0 heterocycles. The number of methoxy groups -OCH3 is 4. The van der Waals surface area contributed by atoms with Crippen LogP contribution in [0.15, 0.2) is 30.3 Å². The Balaban J connectivity index is 2.31. The second kappa shape index (κ2) is 7.59.